The van der Waals surface area contributed by atoms with Crippen molar-refractivity contribution in [3.63, 3.8) is 0 Å². The Kier molecular flexibility index (Phi) is 6.80. The molecule has 1 amide bonds. The average Bonchev–Trinajstić information content (AvgIpc) is 2.74. The van der Waals surface area contributed by atoms with E-state index in [9.17, 15) is 30.8 Å². The summed E-state index contributed by atoms with van der Waals surface area (Å²) in [6.07, 6.45) is -4.16. The van der Waals surface area contributed by atoms with Crippen LogP contribution in [-0.4, -0.2) is 38.8 Å². The summed E-state index contributed by atoms with van der Waals surface area (Å²) in [6.45, 7) is 1.79. The van der Waals surface area contributed by atoms with E-state index < -0.39 is 39.4 Å². The Labute approximate surface area is 183 Å². The van der Waals surface area contributed by atoms with Gasteiger partial charge in [0, 0.05) is 18.8 Å². The summed E-state index contributed by atoms with van der Waals surface area (Å²) in [5.41, 5.74) is -0.994. The number of methoxy groups -OCH3 is 1. The molecule has 1 atom stereocenters. The van der Waals surface area contributed by atoms with Gasteiger partial charge in [0.05, 0.1) is 18.6 Å². The van der Waals surface area contributed by atoms with Crippen molar-refractivity contribution in [2.24, 2.45) is 5.92 Å². The minimum atomic E-state index is -4.91. The minimum absolute atomic E-state index is 0.0191. The van der Waals surface area contributed by atoms with Gasteiger partial charge >= 0.3 is 6.18 Å². The summed E-state index contributed by atoms with van der Waals surface area (Å²) < 4.78 is 84.9. The zero-order valence-electron chi connectivity index (χ0n) is 17.4. The molecule has 1 N–H and O–H groups in total. The van der Waals surface area contributed by atoms with Gasteiger partial charge in [0.15, 0.2) is 0 Å². The third kappa shape index (κ3) is 5.04. The summed E-state index contributed by atoms with van der Waals surface area (Å²) in [4.78, 5) is 12.6. The fourth-order valence-corrected chi connectivity index (χ4v) is 5.33. The van der Waals surface area contributed by atoms with Crippen molar-refractivity contribution in [2.75, 3.05) is 25.5 Å². The van der Waals surface area contributed by atoms with Crippen molar-refractivity contribution in [2.45, 2.75) is 30.8 Å². The fourth-order valence-electron chi connectivity index (χ4n) is 3.56. The van der Waals surface area contributed by atoms with Crippen LogP contribution < -0.4 is 10.1 Å². The number of hydrogen-bond donors (Lipinski definition) is 1. The van der Waals surface area contributed by atoms with E-state index in [-0.39, 0.29) is 29.4 Å². The van der Waals surface area contributed by atoms with Crippen molar-refractivity contribution < 1.29 is 35.5 Å². The van der Waals surface area contributed by atoms with Crippen LogP contribution in [0.3, 0.4) is 0 Å². The minimum Gasteiger partial charge on any atom is -0.495 e. The maximum absolute atomic E-state index is 13.5. The van der Waals surface area contributed by atoms with Crippen molar-refractivity contribution in [3.8, 4) is 5.75 Å². The first kappa shape index (κ1) is 24.0. The molecule has 1 aliphatic heterocycles. The number of aryl methyl sites for hydroxylation is 1. The third-order valence-electron chi connectivity index (χ3n) is 5.23. The van der Waals surface area contributed by atoms with Crippen molar-refractivity contribution in [1.82, 2.24) is 4.31 Å². The van der Waals surface area contributed by atoms with Gasteiger partial charge in [0.1, 0.15) is 16.5 Å². The number of sulfonamides is 1. The summed E-state index contributed by atoms with van der Waals surface area (Å²) in [6, 6.07) is 6.90. The molecule has 2 aromatic rings. The molecule has 0 bridgehead atoms. The summed E-state index contributed by atoms with van der Waals surface area (Å²) >= 11 is 0. The highest BCUT2D eigenvalue weighted by Gasteiger charge is 2.36. The van der Waals surface area contributed by atoms with Gasteiger partial charge in [0.2, 0.25) is 15.9 Å². The standard InChI is InChI=1S/C21H22F4N2O4S/c1-13-5-8-18(31-2)19(10-13)32(29,30)27-9-3-4-14(12-27)20(28)26-15-6-7-17(22)16(11-15)21(23,24)25/h5-8,10-11,14H,3-4,9,12H2,1-2H3,(H,26,28). The van der Waals surface area contributed by atoms with Crippen molar-refractivity contribution in [3.05, 3.63) is 53.3 Å². The molecule has 1 heterocycles. The first-order chi connectivity index (χ1) is 14.9. The Balaban J connectivity index is 1.79. The summed E-state index contributed by atoms with van der Waals surface area (Å²) in [5, 5.41) is 2.34. The highest BCUT2D eigenvalue weighted by Crippen LogP contribution is 2.34. The molecule has 0 aromatic heterocycles. The van der Waals surface area contributed by atoms with Gasteiger partial charge in [-0.1, -0.05) is 6.07 Å². The number of halogens is 4. The lowest BCUT2D eigenvalue weighted by molar-refractivity contribution is -0.140. The Morgan fingerprint density at radius 2 is 1.91 bits per heavy atom. The molecule has 174 valence electrons. The summed E-state index contributed by atoms with van der Waals surface area (Å²) in [7, 11) is -2.61. The second-order valence-corrected chi connectivity index (χ2v) is 9.44. The lowest BCUT2D eigenvalue weighted by atomic mass is 9.98. The van der Waals surface area contributed by atoms with E-state index in [1.54, 1.807) is 19.1 Å². The van der Waals surface area contributed by atoms with Crippen LogP contribution in [0, 0.1) is 18.7 Å². The topological polar surface area (TPSA) is 75.7 Å². The monoisotopic (exact) mass is 474 g/mol. The summed E-state index contributed by atoms with van der Waals surface area (Å²) in [5.74, 6) is -2.69. The molecular weight excluding hydrogens is 452 g/mol. The predicted octanol–water partition coefficient (Wildman–Crippen LogP) is 4.20. The fraction of sp³-hybridized carbons (Fsp3) is 0.381. The molecule has 2 aromatic carbocycles. The number of carbonyl (C=O) groups is 1. The van der Waals surface area contributed by atoms with Crippen LogP contribution in [0.4, 0.5) is 23.2 Å². The Morgan fingerprint density at radius 1 is 1.19 bits per heavy atom. The van der Waals surface area contributed by atoms with Gasteiger partial charge in [0.25, 0.3) is 0 Å². The first-order valence-corrected chi connectivity index (χ1v) is 11.2. The van der Waals surface area contributed by atoms with E-state index in [1.807, 2.05) is 0 Å². The molecule has 1 aliphatic rings. The Bertz CT molecular complexity index is 1120. The predicted molar refractivity (Wildman–Crippen MR) is 109 cm³/mol. The number of amides is 1. The van der Waals surface area contributed by atoms with Gasteiger partial charge in [-0.25, -0.2) is 12.8 Å². The number of piperidine rings is 1. The van der Waals surface area contributed by atoms with E-state index in [0.717, 1.165) is 6.07 Å². The van der Waals surface area contributed by atoms with Gasteiger partial charge < -0.3 is 10.1 Å². The van der Waals surface area contributed by atoms with Crippen LogP contribution >= 0.6 is 0 Å². The van der Waals surface area contributed by atoms with E-state index in [0.29, 0.717) is 30.5 Å². The zero-order chi connectivity index (χ0) is 23.7. The second-order valence-electron chi connectivity index (χ2n) is 7.54. The number of nitrogens with zero attached hydrogens (tertiary/aromatic N) is 1. The van der Waals surface area contributed by atoms with E-state index >= 15 is 0 Å². The normalized spacial score (nSPS) is 17.8. The zero-order valence-corrected chi connectivity index (χ0v) is 18.2. The number of nitrogens with one attached hydrogen (secondary N) is 1. The maximum atomic E-state index is 13.5. The number of rotatable bonds is 5. The van der Waals surface area contributed by atoms with Gasteiger partial charge in [-0.3, -0.25) is 4.79 Å². The number of benzene rings is 2. The number of alkyl halides is 3. The van der Waals surface area contributed by atoms with Crippen LogP contribution in [-0.2, 0) is 21.0 Å². The molecule has 0 saturated carbocycles. The number of anilines is 1. The highest BCUT2D eigenvalue weighted by molar-refractivity contribution is 7.89. The van der Waals surface area contributed by atoms with Gasteiger partial charge in [-0.05, 0) is 55.7 Å². The van der Waals surface area contributed by atoms with E-state index in [1.165, 1.54) is 17.5 Å². The second kappa shape index (κ2) is 9.07. The largest absolute Gasteiger partial charge is 0.495 e. The molecule has 1 unspecified atom stereocenters. The SMILES string of the molecule is COc1ccc(C)cc1S(=O)(=O)N1CCCC(C(=O)Nc2ccc(F)c(C(F)(F)F)c2)C1. The third-order valence-corrected chi connectivity index (χ3v) is 7.12. The molecule has 6 nitrogen and oxygen atoms in total. The smallest absolute Gasteiger partial charge is 0.419 e. The molecule has 0 aliphatic carbocycles. The maximum Gasteiger partial charge on any atom is 0.419 e. The lowest BCUT2D eigenvalue weighted by Gasteiger charge is -2.31. The molecule has 11 heteroatoms. The van der Waals surface area contributed by atoms with Crippen molar-refractivity contribution >= 4 is 21.6 Å². The first-order valence-electron chi connectivity index (χ1n) is 9.76. The molecule has 32 heavy (non-hydrogen) atoms. The molecule has 1 fully saturated rings. The Morgan fingerprint density at radius 3 is 2.56 bits per heavy atom. The van der Waals surface area contributed by atoms with Crippen LogP contribution in [0.15, 0.2) is 41.3 Å². The Hall–Kier alpha value is -2.66. The molecule has 3 rings (SSSR count). The van der Waals surface area contributed by atoms with Gasteiger partial charge in [-0.2, -0.15) is 17.5 Å². The number of carbonyl (C=O) groups excluding carboxylic acids is 1. The number of ether oxygens (including phenoxy) is 1. The molecular formula is C21H22F4N2O4S. The highest BCUT2D eigenvalue weighted by atomic mass is 32.2. The van der Waals surface area contributed by atoms with Crippen LogP contribution in [0.1, 0.15) is 24.0 Å². The molecule has 1 saturated heterocycles. The quantitative estimate of drug-likeness (QED) is 0.659. The van der Waals surface area contributed by atoms with Crippen molar-refractivity contribution in [1.29, 1.82) is 0 Å². The molecule has 0 spiro atoms. The average molecular weight is 474 g/mol. The van der Waals surface area contributed by atoms with Crippen LogP contribution in [0.2, 0.25) is 0 Å². The van der Waals surface area contributed by atoms with Gasteiger partial charge in [-0.15, -0.1) is 0 Å². The molecule has 0 radical (unpaired) electrons. The van der Waals surface area contributed by atoms with E-state index in [4.69, 9.17) is 4.74 Å². The van der Waals surface area contributed by atoms with E-state index in [2.05, 4.69) is 5.32 Å². The lowest BCUT2D eigenvalue weighted by Crippen LogP contribution is -2.43. The van der Waals surface area contributed by atoms with Crippen LogP contribution in [0.5, 0.6) is 5.75 Å². The van der Waals surface area contributed by atoms with Crippen LogP contribution in [0.25, 0.3) is 0 Å². The number of hydrogen-bond acceptors (Lipinski definition) is 4.